The number of ether oxygens (including phenoxy) is 1. The molecule has 0 amide bonds. The zero-order valence-electron chi connectivity index (χ0n) is 15.3. The van der Waals surface area contributed by atoms with E-state index >= 15 is 0 Å². The molecule has 138 valence electrons. The molecule has 2 aliphatic rings. The second-order valence-corrected chi connectivity index (χ2v) is 7.16. The predicted molar refractivity (Wildman–Crippen MR) is 95.7 cm³/mol. The second-order valence-electron chi connectivity index (χ2n) is 7.16. The fourth-order valence-corrected chi connectivity index (χ4v) is 4.24. The fourth-order valence-electron chi connectivity index (χ4n) is 4.24. The lowest BCUT2D eigenvalue weighted by molar-refractivity contribution is 0.0490. The van der Waals surface area contributed by atoms with Crippen molar-refractivity contribution in [1.82, 2.24) is 9.97 Å². The number of rotatable bonds is 4. The molecule has 3 rings (SSSR count). The second kappa shape index (κ2) is 8.13. The van der Waals surface area contributed by atoms with E-state index in [1.807, 2.05) is 6.92 Å². The maximum Gasteiger partial charge on any atom is 0.341 e. The van der Waals surface area contributed by atoms with Gasteiger partial charge in [-0.05, 0) is 46.0 Å². The monoisotopic (exact) mass is 347 g/mol. The number of hydrogen-bond acceptors (Lipinski definition) is 6. The van der Waals surface area contributed by atoms with E-state index in [-0.39, 0.29) is 18.1 Å². The zero-order valence-corrected chi connectivity index (χ0v) is 15.3. The molecule has 1 N–H and O–H groups in total. The average molecular weight is 347 g/mol. The van der Waals surface area contributed by atoms with Crippen molar-refractivity contribution in [2.75, 3.05) is 18.1 Å². The van der Waals surface area contributed by atoms with Gasteiger partial charge in [-0.2, -0.15) is 0 Å². The van der Waals surface area contributed by atoms with E-state index in [9.17, 15) is 9.90 Å². The van der Waals surface area contributed by atoms with Crippen LogP contribution in [0.5, 0.6) is 0 Å². The molecular formula is C19H29N3O3. The molecule has 3 atom stereocenters. The van der Waals surface area contributed by atoms with Gasteiger partial charge >= 0.3 is 5.97 Å². The molecule has 0 aromatic carbocycles. The highest BCUT2D eigenvalue weighted by atomic mass is 16.5. The Kier molecular flexibility index (Phi) is 5.89. The molecule has 1 saturated carbocycles. The van der Waals surface area contributed by atoms with Gasteiger partial charge in [0.15, 0.2) is 0 Å². The van der Waals surface area contributed by atoms with Crippen LogP contribution in [-0.4, -0.2) is 46.3 Å². The van der Waals surface area contributed by atoms with E-state index < -0.39 is 0 Å². The van der Waals surface area contributed by atoms with Gasteiger partial charge in [0.2, 0.25) is 5.95 Å². The van der Waals surface area contributed by atoms with E-state index in [0.717, 1.165) is 38.6 Å². The van der Waals surface area contributed by atoms with Gasteiger partial charge in [-0.15, -0.1) is 0 Å². The molecule has 1 aromatic heterocycles. The number of hydrogen-bond donors (Lipinski definition) is 1. The number of nitrogens with zero attached hydrogens (tertiary/aromatic N) is 3. The highest BCUT2D eigenvalue weighted by Gasteiger charge is 2.36. The molecule has 2 fully saturated rings. The van der Waals surface area contributed by atoms with Crippen LogP contribution in [0.2, 0.25) is 0 Å². The molecule has 1 aliphatic carbocycles. The first-order chi connectivity index (χ1) is 12.1. The third kappa shape index (κ3) is 3.94. The molecule has 0 unspecified atom stereocenters. The Morgan fingerprint density at radius 3 is 2.76 bits per heavy atom. The molecule has 0 bridgehead atoms. The smallest absolute Gasteiger partial charge is 0.341 e. The van der Waals surface area contributed by atoms with Gasteiger partial charge in [-0.25, -0.2) is 14.8 Å². The van der Waals surface area contributed by atoms with Crippen LogP contribution >= 0.6 is 0 Å². The van der Waals surface area contributed by atoms with Gasteiger partial charge in [0.05, 0.1) is 24.0 Å². The highest BCUT2D eigenvalue weighted by molar-refractivity contribution is 5.90. The van der Waals surface area contributed by atoms with Crippen molar-refractivity contribution < 1.29 is 14.6 Å². The lowest BCUT2D eigenvalue weighted by Crippen LogP contribution is -2.49. The third-order valence-electron chi connectivity index (χ3n) is 5.54. The van der Waals surface area contributed by atoms with E-state index in [1.54, 1.807) is 13.1 Å². The van der Waals surface area contributed by atoms with Crippen LogP contribution in [0, 0.1) is 12.8 Å². The van der Waals surface area contributed by atoms with Crippen LogP contribution in [-0.2, 0) is 4.74 Å². The summed E-state index contributed by atoms with van der Waals surface area (Å²) in [6.07, 6.45) is 9.01. The first-order valence-corrected chi connectivity index (χ1v) is 9.57. The first-order valence-electron chi connectivity index (χ1n) is 9.57. The molecule has 6 nitrogen and oxygen atoms in total. The number of piperidine rings is 1. The summed E-state index contributed by atoms with van der Waals surface area (Å²) in [4.78, 5) is 23.3. The van der Waals surface area contributed by atoms with Crippen molar-refractivity contribution in [2.24, 2.45) is 5.92 Å². The van der Waals surface area contributed by atoms with E-state index in [2.05, 4.69) is 14.9 Å². The molecule has 0 radical (unpaired) electrons. The van der Waals surface area contributed by atoms with Crippen molar-refractivity contribution in [3.05, 3.63) is 17.5 Å². The van der Waals surface area contributed by atoms with E-state index in [1.165, 1.54) is 12.8 Å². The number of anilines is 1. The number of esters is 1. The minimum absolute atomic E-state index is 0.223. The summed E-state index contributed by atoms with van der Waals surface area (Å²) in [7, 11) is 0. The molecule has 1 aliphatic heterocycles. The van der Waals surface area contributed by atoms with Crippen LogP contribution < -0.4 is 4.90 Å². The van der Waals surface area contributed by atoms with Crippen LogP contribution in [0.15, 0.2) is 6.20 Å². The summed E-state index contributed by atoms with van der Waals surface area (Å²) < 4.78 is 5.06. The molecule has 2 heterocycles. The van der Waals surface area contributed by atoms with Crippen molar-refractivity contribution >= 4 is 11.9 Å². The Morgan fingerprint density at radius 2 is 2.04 bits per heavy atom. The average Bonchev–Trinajstić information content (AvgIpc) is 2.62. The Labute approximate surface area is 149 Å². The fraction of sp³-hybridized carbons (Fsp3) is 0.737. The summed E-state index contributed by atoms with van der Waals surface area (Å²) >= 11 is 0. The molecule has 6 heteroatoms. The van der Waals surface area contributed by atoms with E-state index in [0.29, 0.717) is 29.7 Å². The Hall–Kier alpha value is -1.69. The number of carbonyl (C=O) groups excluding carboxylic acids is 1. The Morgan fingerprint density at radius 1 is 1.28 bits per heavy atom. The quantitative estimate of drug-likeness (QED) is 0.844. The van der Waals surface area contributed by atoms with Gasteiger partial charge < -0.3 is 14.7 Å². The number of aryl methyl sites for hydroxylation is 1. The standard InChI is InChI=1S/C19H29N3O3/c1-3-25-18(24)15-12-20-19(21-13(15)2)22-11-7-6-9-16(22)14-8-4-5-10-17(14)23/h12,14,16-17,23H,3-11H2,1-2H3/t14-,16+,17+/m0/s1. The number of aliphatic hydroxyl groups excluding tert-OH is 1. The highest BCUT2D eigenvalue weighted by Crippen LogP contribution is 2.35. The summed E-state index contributed by atoms with van der Waals surface area (Å²) in [6.45, 7) is 4.86. The largest absolute Gasteiger partial charge is 0.462 e. The third-order valence-corrected chi connectivity index (χ3v) is 5.54. The molecule has 1 aromatic rings. The van der Waals surface area contributed by atoms with Gasteiger partial charge in [0.25, 0.3) is 0 Å². The van der Waals surface area contributed by atoms with Gasteiger partial charge in [0.1, 0.15) is 0 Å². The minimum atomic E-state index is -0.371. The number of aromatic nitrogens is 2. The summed E-state index contributed by atoms with van der Waals surface area (Å²) in [5.41, 5.74) is 1.08. The van der Waals surface area contributed by atoms with Gasteiger partial charge in [-0.1, -0.05) is 12.8 Å². The van der Waals surface area contributed by atoms with Crippen molar-refractivity contribution in [3.63, 3.8) is 0 Å². The lowest BCUT2D eigenvalue weighted by Gasteiger charge is -2.43. The summed E-state index contributed by atoms with van der Waals surface area (Å²) in [5, 5.41) is 10.5. The van der Waals surface area contributed by atoms with Gasteiger partial charge in [0, 0.05) is 24.7 Å². The molecule has 0 spiro atoms. The van der Waals surface area contributed by atoms with Gasteiger partial charge in [-0.3, -0.25) is 0 Å². The van der Waals surface area contributed by atoms with Crippen molar-refractivity contribution in [2.45, 2.75) is 70.9 Å². The summed E-state index contributed by atoms with van der Waals surface area (Å²) in [5.74, 6) is 0.597. The normalized spacial score (nSPS) is 27.2. The lowest BCUT2D eigenvalue weighted by atomic mass is 9.78. The van der Waals surface area contributed by atoms with Crippen LogP contribution in [0.1, 0.15) is 67.9 Å². The summed E-state index contributed by atoms with van der Waals surface area (Å²) in [6, 6.07) is 0.289. The van der Waals surface area contributed by atoms with E-state index in [4.69, 9.17) is 4.74 Å². The maximum atomic E-state index is 12.0. The topological polar surface area (TPSA) is 75.5 Å². The SMILES string of the molecule is CCOC(=O)c1cnc(N2CCCC[C@@H]2[C@@H]2CCCC[C@H]2O)nc1C. The van der Waals surface area contributed by atoms with Crippen molar-refractivity contribution in [3.8, 4) is 0 Å². The maximum absolute atomic E-state index is 12.0. The molecule has 25 heavy (non-hydrogen) atoms. The molecule has 1 saturated heterocycles. The first kappa shape index (κ1) is 18.1. The zero-order chi connectivity index (χ0) is 17.8. The number of aliphatic hydroxyl groups is 1. The Bertz CT molecular complexity index is 608. The van der Waals surface area contributed by atoms with Crippen LogP contribution in [0.3, 0.4) is 0 Å². The molecular weight excluding hydrogens is 318 g/mol. The van der Waals surface area contributed by atoms with Crippen LogP contribution in [0.4, 0.5) is 5.95 Å². The van der Waals surface area contributed by atoms with Crippen LogP contribution in [0.25, 0.3) is 0 Å². The minimum Gasteiger partial charge on any atom is -0.462 e. The Balaban J connectivity index is 1.82. The van der Waals surface area contributed by atoms with Crippen molar-refractivity contribution in [1.29, 1.82) is 0 Å². The predicted octanol–water partition coefficient (Wildman–Crippen LogP) is 2.87. The number of carbonyl (C=O) groups is 1.